The van der Waals surface area contributed by atoms with Crippen molar-refractivity contribution in [1.29, 1.82) is 0 Å². The fraction of sp³-hybridized carbons (Fsp3) is 0.318. The molecular weight excluding hydrogens is 402 g/mol. The van der Waals surface area contributed by atoms with E-state index < -0.39 is 0 Å². The maximum absolute atomic E-state index is 12.7. The number of thiazole rings is 1. The molecule has 0 bridgehead atoms. The number of carbonyl (C=O) groups is 2. The van der Waals surface area contributed by atoms with Crippen LogP contribution in [0.1, 0.15) is 34.8 Å². The van der Waals surface area contributed by atoms with Crippen LogP contribution in [0.25, 0.3) is 10.6 Å². The molecule has 2 atom stereocenters. The summed E-state index contributed by atoms with van der Waals surface area (Å²) in [5.74, 6) is -0.311. The fourth-order valence-electron chi connectivity index (χ4n) is 3.60. The first-order valence-electron chi connectivity index (χ1n) is 9.64. The molecule has 3 heterocycles. The van der Waals surface area contributed by atoms with Crippen LogP contribution in [0.15, 0.2) is 47.8 Å². The summed E-state index contributed by atoms with van der Waals surface area (Å²) in [5.41, 5.74) is 2.08. The van der Waals surface area contributed by atoms with Crippen LogP contribution in [0.4, 0.5) is 0 Å². The van der Waals surface area contributed by atoms with Crippen molar-refractivity contribution in [3.8, 4) is 10.6 Å². The van der Waals surface area contributed by atoms with Crippen LogP contribution >= 0.6 is 22.7 Å². The number of nitrogens with one attached hydrogen (secondary N) is 1. The van der Waals surface area contributed by atoms with Crippen LogP contribution in [-0.4, -0.2) is 28.2 Å². The van der Waals surface area contributed by atoms with Gasteiger partial charge in [0.05, 0.1) is 34.1 Å². The van der Waals surface area contributed by atoms with Crippen molar-refractivity contribution < 1.29 is 9.59 Å². The third-order valence-electron chi connectivity index (χ3n) is 5.25. The van der Waals surface area contributed by atoms with E-state index in [4.69, 9.17) is 0 Å². The first-order valence-corrected chi connectivity index (χ1v) is 11.3. The molecule has 7 heteroatoms. The zero-order valence-electron chi connectivity index (χ0n) is 16.4. The number of hydrogen-bond donors (Lipinski definition) is 1. The van der Waals surface area contributed by atoms with Gasteiger partial charge in [-0.15, -0.1) is 22.7 Å². The highest BCUT2D eigenvalue weighted by Crippen LogP contribution is 2.30. The summed E-state index contributed by atoms with van der Waals surface area (Å²) in [4.78, 5) is 33.6. The van der Waals surface area contributed by atoms with Gasteiger partial charge >= 0.3 is 0 Å². The molecule has 1 saturated heterocycles. The summed E-state index contributed by atoms with van der Waals surface area (Å²) in [7, 11) is 0. The van der Waals surface area contributed by atoms with Gasteiger partial charge in [0.2, 0.25) is 11.8 Å². The Morgan fingerprint density at radius 3 is 2.79 bits per heavy atom. The normalized spacial score (nSPS) is 17.5. The molecule has 2 aromatic heterocycles. The summed E-state index contributed by atoms with van der Waals surface area (Å²) in [6, 6.07) is 14.0. The number of rotatable bonds is 6. The Bertz CT molecular complexity index is 1010. The van der Waals surface area contributed by atoms with E-state index in [0.29, 0.717) is 13.1 Å². The van der Waals surface area contributed by atoms with Crippen molar-refractivity contribution in [1.82, 2.24) is 15.2 Å². The second kappa shape index (κ2) is 8.47. The quantitative estimate of drug-likeness (QED) is 0.636. The van der Waals surface area contributed by atoms with E-state index in [1.54, 1.807) is 22.7 Å². The Morgan fingerprint density at radius 2 is 2.07 bits per heavy atom. The molecule has 1 N–H and O–H groups in total. The highest BCUT2D eigenvalue weighted by Gasteiger charge is 2.36. The topological polar surface area (TPSA) is 62.3 Å². The summed E-state index contributed by atoms with van der Waals surface area (Å²) >= 11 is 3.27. The third kappa shape index (κ3) is 4.41. The number of carbonyl (C=O) groups excluding carboxylic acids is 2. The van der Waals surface area contributed by atoms with Gasteiger partial charge in [0.1, 0.15) is 0 Å². The van der Waals surface area contributed by atoms with Gasteiger partial charge in [-0.3, -0.25) is 9.59 Å². The van der Waals surface area contributed by atoms with Gasteiger partial charge in [-0.05, 0) is 31.5 Å². The lowest BCUT2D eigenvalue weighted by Gasteiger charge is -2.25. The van der Waals surface area contributed by atoms with Gasteiger partial charge in [0.25, 0.3) is 0 Å². The molecule has 4 rings (SSSR count). The van der Waals surface area contributed by atoms with Gasteiger partial charge < -0.3 is 10.2 Å². The van der Waals surface area contributed by atoms with E-state index in [2.05, 4.69) is 15.7 Å². The molecule has 5 nitrogen and oxygen atoms in total. The predicted molar refractivity (Wildman–Crippen MR) is 117 cm³/mol. The summed E-state index contributed by atoms with van der Waals surface area (Å²) in [6.07, 6.45) is 0.275. The third-order valence-corrected chi connectivity index (χ3v) is 7.13. The van der Waals surface area contributed by atoms with Crippen LogP contribution in [0, 0.1) is 12.8 Å². The van der Waals surface area contributed by atoms with Crippen molar-refractivity contribution >= 4 is 34.5 Å². The zero-order valence-corrected chi connectivity index (χ0v) is 18.1. The van der Waals surface area contributed by atoms with E-state index in [9.17, 15) is 9.59 Å². The maximum atomic E-state index is 12.7. The highest BCUT2D eigenvalue weighted by atomic mass is 32.1. The molecule has 3 aromatic rings. The molecule has 1 aliphatic heterocycles. The Hall–Kier alpha value is -2.51. The first-order chi connectivity index (χ1) is 14.0. The average molecular weight is 426 g/mol. The summed E-state index contributed by atoms with van der Waals surface area (Å²) in [6.45, 7) is 4.95. The van der Waals surface area contributed by atoms with Gasteiger partial charge in [-0.1, -0.05) is 30.3 Å². The molecule has 1 aromatic carbocycles. The van der Waals surface area contributed by atoms with Crippen LogP contribution in [-0.2, 0) is 16.1 Å². The van der Waals surface area contributed by atoms with Gasteiger partial charge in [-0.2, -0.15) is 0 Å². The molecule has 29 heavy (non-hydrogen) atoms. The monoisotopic (exact) mass is 425 g/mol. The minimum absolute atomic E-state index is 0.0251. The van der Waals surface area contributed by atoms with Crippen LogP contribution in [0.3, 0.4) is 0 Å². The zero-order chi connectivity index (χ0) is 20.4. The van der Waals surface area contributed by atoms with E-state index in [0.717, 1.165) is 26.0 Å². The van der Waals surface area contributed by atoms with E-state index in [1.165, 1.54) is 0 Å². The SMILES string of the molecule is Cc1nc(-c2ccc(CNC(=O)[C@@H]3CC(=O)N([C@H](C)c4ccccc4)C3)s2)cs1. The molecule has 0 aliphatic carbocycles. The van der Waals surface area contributed by atoms with E-state index in [-0.39, 0.29) is 30.2 Å². The molecule has 1 aliphatic rings. The Kier molecular flexibility index (Phi) is 5.78. The number of aryl methyl sites for hydroxylation is 1. The van der Waals surface area contributed by atoms with Crippen molar-refractivity contribution in [2.24, 2.45) is 5.92 Å². The second-order valence-electron chi connectivity index (χ2n) is 7.27. The molecule has 1 fully saturated rings. The standard InChI is InChI=1S/C22H23N3O2S2/c1-14(16-6-4-3-5-7-16)25-12-17(10-21(25)26)22(27)23-11-18-8-9-20(29-18)19-13-28-15(2)24-19/h3-9,13-14,17H,10-12H2,1-2H3,(H,23,27)/t14-,17-/m1/s1. The number of likely N-dealkylation sites (tertiary alicyclic amines) is 1. The Balaban J connectivity index is 1.34. The molecule has 0 saturated carbocycles. The molecule has 0 spiro atoms. The number of amides is 2. The summed E-state index contributed by atoms with van der Waals surface area (Å²) in [5, 5.41) is 6.10. The summed E-state index contributed by atoms with van der Waals surface area (Å²) < 4.78 is 0. The average Bonchev–Trinajstić information content (AvgIpc) is 3.46. The van der Waals surface area contributed by atoms with Crippen molar-refractivity contribution in [3.63, 3.8) is 0 Å². The molecule has 150 valence electrons. The van der Waals surface area contributed by atoms with Crippen LogP contribution in [0.5, 0.6) is 0 Å². The predicted octanol–water partition coefficient (Wildman–Crippen LogP) is 4.41. The molecule has 0 radical (unpaired) electrons. The van der Waals surface area contributed by atoms with E-state index >= 15 is 0 Å². The minimum atomic E-state index is -0.297. The lowest BCUT2D eigenvalue weighted by atomic mass is 10.1. The number of hydrogen-bond acceptors (Lipinski definition) is 5. The van der Waals surface area contributed by atoms with Gasteiger partial charge in [-0.25, -0.2) is 4.98 Å². The number of thiophene rings is 1. The van der Waals surface area contributed by atoms with Crippen LogP contribution < -0.4 is 5.32 Å². The first kappa shape index (κ1) is 19.8. The fourth-order valence-corrected chi connectivity index (χ4v) is 5.19. The Labute approximate surface area is 178 Å². The van der Waals surface area contributed by atoms with E-state index in [1.807, 2.05) is 61.2 Å². The van der Waals surface area contributed by atoms with Crippen molar-refractivity contribution in [2.45, 2.75) is 32.9 Å². The lowest BCUT2D eigenvalue weighted by Crippen LogP contribution is -2.33. The number of aromatic nitrogens is 1. The van der Waals surface area contributed by atoms with Gasteiger partial charge in [0, 0.05) is 23.2 Å². The van der Waals surface area contributed by atoms with Crippen LogP contribution in [0.2, 0.25) is 0 Å². The van der Waals surface area contributed by atoms with Crippen molar-refractivity contribution in [3.05, 3.63) is 63.3 Å². The number of benzene rings is 1. The smallest absolute Gasteiger partial charge is 0.225 e. The highest BCUT2D eigenvalue weighted by molar-refractivity contribution is 7.16. The second-order valence-corrected chi connectivity index (χ2v) is 9.50. The molecule has 0 unspecified atom stereocenters. The lowest BCUT2D eigenvalue weighted by molar-refractivity contribution is -0.130. The molecule has 2 amide bonds. The largest absolute Gasteiger partial charge is 0.351 e. The maximum Gasteiger partial charge on any atom is 0.225 e. The number of nitrogens with zero attached hydrogens (tertiary/aromatic N) is 2. The van der Waals surface area contributed by atoms with Crippen molar-refractivity contribution in [2.75, 3.05) is 6.54 Å². The minimum Gasteiger partial charge on any atom is -0.351 e. The Morgan fingerprint density at radius 1 is 1.28 bits per heavy atom. The molecular formula is C22H23N3O2S2. The van der Waals surface area contributed by atoms with Gasteiger partial charge in [0.15, 0.2) is 0 Å².